The van der Waals surface area contributed by atoms with Gasteiger partial charge >= 0.3 is 6.18 Å². The maximum Gasteiger partial charge on any atom is 0.405 e. The van der Waals surface area contributed by atoms with Crippen LogP contribution in [-0.2, 0) is 5.88 Å². The summed E-state index contributed by atoms with van der Waals surface area (Å²) < 4.78 is 51.2. The van der Waals surface area contributed by atoms with E-state index in [9.17, 15) is 17.6 Å². The van der Waals surface area contributed by atoms with Gasteiger partial charge in [-0.1, -0.05) is 6.07 Å². The standard InChI is InChI=1S/C12H12ClF4N/c13-6-8-1-4-11(10(14)5-8)18(9-2-3-9)7-12(15,16)17/h1,4-5,9H,2-3,6-7H2. The molecular weight excluding hydrogens is 270 g/mol. The third kappa shape index (κ3) is 3.28. The summed E-state index contributed by atoms with van der Waals surface area (Å²) in [5.41, 5.74) is 0.560. The summed E-state index contributed by atoms with van der Waals surface area (Å²) >= 11 is 5.55. The van der Waals surface area contributed by atoms with Crippen molar-refractivity contribution in [3.05, 3.63) is 29.6 Å². The van der Waals surface area contributed by atoms with E-state index in [0.29, 0.717) is 18.4 Å². The minimum Gasteiger partial charge on any atom is -0.357 e. The fraction of sp³-hybridized carbons (Fsp3) is 0.500. The van der Waals surface area contributed by atoms with Crippen LogP contribution in [0.15, 0.2) is 18.2 Å². The third-order valence-electron chi connectivity index (χ3n) is 2.81. The normalized spacial score (nSPS) is 15.8. The smallest absolute Gasteiger partial charge is 0.357 e. The molecule has 1 aromatic carbocycles. The molecule has 0 aromatic heterocycles. The van der Waals surface area contributed by atoms with Gasteiger partial charge < -0.3 is 4.90 Å². The van der Waals surface area contributed by atoms with Crippen LogP contribution in [0.4, 0.5) is 23.2 Å². The van der Waals surface area contributed by atoms with Crippen molar-refractivity contribution in [3.63, 3.8) is 0 Å². The summed E-state index contributed by atoms with van der Waals surface area (Å²) in [5, 5.41) is 0. The first-order chi connectivity index (χ1) is 8.40. The Morgan fingerprint density at radius 3 is 2.39 bits per heavy atom. The Balaban J connectivity index is 2.25. The highest BCUT2D eigenvalue weighted by Crippen LogP contribution is 2.35. The van der Waals surface area contributed by atoms with Crippen LogP contribution < -0.4 is 4.90 Å². The molecule has 100 valence electrons. The summed E-state index contributed by atoms with van der Waals surface area (Å²) in [6.45, 7) is -1.12. The molecule has 1 aliphatic carbocycles. The zero-order valence-electron chi connectivity index (χ0n) is 9.47. The molecule has 0 atom stereocenters. The van der Waals surface area contributed by atoms with Crippen molar-refractivity contribution in [3.8, 4) is 0 Å². The number of hydrogen-bond acceptors (Lipinski definition) is 1. The molecule has 1 fully saturated rings. The van der Waals surface area contributed by atoms with Gasteiger partial charge in [-0.2, -0.15) is 13.2 Å². The van der Waals surface area contributed by atoms with E-state index >= 15 is 0 Å². The van der Waals surface area contributed by atoms with Crippen LogP contribution in [0.25, 0.3) is 0 Å². The fourth-order valence-corrected chi connectivity index (χ4v) is 2.02. The number of nitrogens with zero attached hydrogens (tertiary/aromatic N) is 1. The lowest BCUT2D eigenvalue weighted by Gasteiger charge is -2.26. The molecule has 1 aliphatic rings. The topological polar surface area (TPSA) is 3.24 Å². The van der Waals surface area contributed by atoms with Crippen molar-refractivity contribution in [1.29, 1.82) is 0 Å². The van der Waals surface area contributed by atoms with Crippen molar-refractivity contribution < 1.29 is 17.6 Å². The molecule has 0 radical (unpaired) electrons. The highest BCUT2D eigenvalue weighted by Gasteiger charge is 2.39. The van der Waals surface area contributed by atoms with Crippen LogP contribution in [0.5, 0.6) is 0 Å². The molecule has 0 bridgehead atoms. The highest BCUT2D eigenvalue weighted by molar-refractivity contribution is 6.17. The number of hydrogen-bond donors (Lipinski definition) is 0. The van der Waals surface area contributed by atoms with Gasteiger partial charge in [0.05, 0.1) is 5.69 Å². The molecule has 0 N–H and O–H groups in total. The van der Waals surface area contributed by atoms with Gasteiger partial charge in [-0.15, -0.1) is 11.6 Å². The van der Waals surface area contributed by atoms with Gasteiger partial charge in [0.15, 0.2) is 0 Å². The summed E-state index contributed by atoms with van der Waals surface area (Å²) in [6.07, 6.45) is -2.99. The summed E-state index contributed by atoms with van der Waals surface area (Å²) in [4.78, 5) is 1.09. The molecule has 1 aromatic rings. The number of rotatable bonds is 4. The predicted octanol–water partition coefficient (Wildman–Crippen LogP) is 4.10. The molecule has 18 heavy (non-hydrogen) atoms. The van der Waals surface area contributed by atoms with Gasteiger partial charge in [0.25, 0.3) is 0 Å². The number of benzene rings is 1. The van der Waals surface area contributed by atoms with Crippen molar-refractivity contribution in [2.45, 2.75) is 30.9 Å². The average Bonchev–Trinajstić information content (AvgIpc) is 3.08. The van der Waals surface area contributed by atoms with Gasteiger partial charge in [-0.05, 0) is 30.5 Å². The SMILES string of the molecule is Fc1cc(CCl)ccc1N(CC(F)(F)F)C1CC1. The summed E-state index contributed by atoms with van der Waals surface area (Å²) in [5.74, 6) is -0.510. The molecule has 0 aliphatic heterocycles. The lowest BCUT2D eigenvalue weighted by molar-refractivity contribution is -0.120. The van der Waals surface area contributed by atoms with E-state index in [1.807, 2.05) is 0 Å². The first kappa shape index (κ1) is 13.5. The van der Waals surface area contributed by atoms with E-state index in [2.05, 4.69) is 0 Å². The predicted molar refractivity (Wildman–Crippen MR) is 62.4 cm³/mol. The van der Waals surface area contributed by atoms with Crippen molar-refractivity contribution in [2.75, 3.05) is 11.4 Å². The Bertz CT molecular complexity index is 429. The maximum atomic E-state index is 13.8. The molecule has 6 heteroatoms. The molecule has 0 heterocycles. The zero-order chi connectivity index (χ0) is 13.3. The number of halogens is 5. The molecule has 0 unspecified atom stereocenters. The van der Waals surface area contributed by atoms with Crippen LogP contribution >= 0.6 is 11.6 Å². The van der Waals surface area contributed by atoms with Crippen LogP contribution in [0.2, 0.25) is 0 Å². The minimum absolute atomic E-state index is 0.00342. The molecule has 0 saturated heterocycles. The first-order valence-corrected chi connectivity index (χ1v) is 6.12. The van der Waals surface area contributed by atoms with Gasteiger partial charge in [0.2, 0.25) is 0 Å². The van der Waals surface area contributed by atoms with Crippen molar-refractivity contribution >= 4 is 17.3 Å². The lowest BCUT2D eigenvalue weighted by atomic mass is 10.2. The van der Waals surface area contributed by atoms with E-state index in [-0.39, 0.29) is 17.6 Å². The third-order valence-corrected chi connectivity index (χ3v) is 3.12. The van der Waals surface area contributed by atoms with Gasteiger partial charge in [-0.25, -0.2) is 4.39 Å². The second-order valence-electron chi connectivity index (χ2n) is 4.39. The fourth-order valence-electron chi connectivity index (χ4n) is 1.86. The quantitative estimate of drug-likeness (QED) is 0.593. The molecule has 0 amide bonds. The Kier molecular flexibility index (Phi) is 3.71. The van der Waals surface area contributed by atoms with Crippen LogP contribution in [-0.4, -0.2) is 18.8 Å². The number of alkyl halides is 4. The first-order valence-electron chi connectivity index (χ1n) is 5.58. The average molecular weight is 282 g/mol. The Labute approximate surface area is 107 Å². The van der Waals surface area contributed by atoms with Crippen molar-refractivity contribution in [2.24, 2.45) is 0 Å². The minimum atomic E-state index is -4.33. The lowest BCUT2D eigenvalue weighted by Crippen LogP contribution is -2.36. The van der Waals surface area contributed by atoms with Crippen LogP contribution in [0.1, 0.15) is 18.4 Å². The van der Waals surface area contributed by atoms with Gasteiger partial charge in [0, 0.05) is 11.9 Å². The molecule has 0 spiro atoms. The largest absolute Gasteiger partial charge is 0.405 e. The van der Waals surface area contributed by atoms with Crippen LogP contribution in [0, 0.1) is 5.82 Å². The van der Waals surface area contributed by atoms with Crippen molar-refractivity contribution in [1.82, 2.24) is 0 Å². The maximum absolute atomic E-state index is 13.8. The number of anilines is 1. The second-order valence-corrected chi connectivity index (χ2v) is 4.66. The Morgan fingerprint density at radius 2 is 1.94 bits per heavy atom. The van der Waals surface area contributed by atoms with Gasteiger partial charge in [0.1, 0.15) is 12.4 Å². The zero-order valence-corrected chi connectivity index (χ0v) is 10.2. The van der Waals surface area contributed by atoms with Crippen LogP contribution in [0.3, 0.4) is 0 Å². The van der Waals surface area contributed by atoms with E-state index in [1.165, 1.54) is 12.1 Å². The Morgan fingerprint density at radius 1 is 1.28 bits per heavy atom. The second kappa shape index (κ2) is 4.96. The van der Waals surface area contributed by atoms with E-state index in [1.54, 1.807) is 6.07 Å². The monoisotopic (exact) mass is 281 g/mol. The molecule has 1 nitrogen and oxygen atoms in total. The van der Waals surface area contributed by atoms with E-state index in [4.69, 9.17) is 11.6 Å². The molecule has 2 rings (SSSR count). The molecular formula is C12H12ClF4N. The van der Waals surface area contributed by atoms with Gasteiger partial charge in [-0.3, -0.25) is 0 Å². The summed E-state index contributed by atoms with van der Waals surface area (Å²) in [7, 11) is 0. The molecule has 1 saturated carbocycles. The highest BCUT2D eigenvalue weighted by atomic mass is 35.5. The Hall–Kier alpha value is -0.970. The van der Waals surface area contributed by atoms with E-state index in [0.717, 1.165) is 4.90 Å². The summed E-state index contributed by atoms with van der Waals surface area (Å²) in [6, 6.07) is 3.91. The van der Waals surface area contributed by atoms with E-state index < -0.39 is 18.5 Å².